The maximum Gasteiger partial charge on any atom is 0.147 e. The number of hydrogen-bond donors (Lipinski definition) is 2. The van der Waals surface area contributed by atoms with Gasteiger partial charge >= 0.3 is 0 Å². The molecule has 15 heavy (non-hydrogen) atoms. The third-order valence-electron chi connectivity index (χ3n) is 2.37. The van der Waals surface area contributed by atoms with Crippen LogP contribution in [0.3, 0.4) is 0 Å². The third kappa shape index (κ3) is 2.02. The van der Waals surface area contributed by atoms with Crippen LogP contribution < -0.4 is 0 Å². The van der Waals surface area contributed by atoms with Crippen molar-refractivity contribution in [3.8, 4) is 0 Å². The average molecular weight is 207 g/mol. The number of aliphatic hydroxyl groups is 1. The minimum atomic E-state index is -0.776. The Balaban J connectivity index is 2.50. The van der Waals surface area contributed by atoms with Gasteiger partial charge < -0.3 is 10.1 Å². The van der Waals surface area contributed by atoms with Gasteiger partial charge in [0.25, 0.3) is 0 Å². The van der Waals surface area contributed by atoms with Gasteiger partial charge in [0.15, 0.2) is 0 Å². The molecule has 0 radical (unpaired) electrons. The molecule has 0 aliphatic heterocycles. The summed E-state index contributed by atoms with van der Waals surface area (Å²) in [7, 11) is 0. The highest BCUT2D eigenvalue weighted by Crippen LogP contribution is 2.23. The highest BCUT2D eigenvalue weighted by atomic mass is 19.1. The minimum Gasteiger partial charge on any atom is -0.390 e. The van der Waals surface area contributed by atoms with Crippen LogP contribution in [-0.4, -0.2) is 15.7 Å². The van der Waals surface area contributed by atoms with Crippen molar-refractivity contribution in [2.45, 2.75) is 25.9 Å². The van der Waals surface area contributed by atoms with Crippen molar-refractivity contribution < 1.29 is 9.50 Å². The molecule has 0 aliphatic carbocycles. The van der Waals surface area contributed by atoms with E-state index in [1.54, 1.807) is 26.1 Å². The summed E-state index contributed by atoms with van der Waals surface area (Å²) in [5.74, 6) is -0.255. The van der Waals surface area contributed by atoms with Crippen molar-refractivity contribution in [3.63, 3.8) is 0 Å². The van der Waals surface area contributed by atoms with E-state index < -0.39 is 5.60 Å². The van der Waals surface area contributed by atoms with Crippen molar-refractivity contribution in [3.05, 3.63) is 35.8 Å². The summed E-state index contributed by atoms with van der Waals surface area (Å²) in [5.41, 5.74) is 0.676. The first kappa shape index (κ1) is 10.2. The van der Waals surface area contributed by atoms with E-state index in [4.69, 9.17) is 0 Å². The molecule has 2 aromatic rings. The molecule has 2 nitrogen and oxygen atoms in total. The van der Waals surface area contributed by atoms with Gasteiger partial charge in [-0.3, -0.25) is 0 Å². The molecule has 1 heterocycles. The van der Waals surface area contributed by atoms with Gasteiger partial charge in [-0.15, -0.1) is 0 Å². The fraction of sp³-hybridized carbons (Fsp3) is 0.333. The van der Waals surface area contributed by atoms with Gasteiger partial charge in [-0.2, -0.15) is 0 Å². The number of halogens is 1. The highest BCUT2D eigenvalue weighted by Gasteiger charge is 2.16. The van der Waals surface area contributed by atoms with Crippen LogP contribution in [0.2, 0.25) is 0 Å². The topological polar surface area (TPSA) is 36.0 Å². The number of H-pyrrole nitrogens is 1. The zero-order valence-corrected chi connectivity index (χ0v) is 8.84. The van der Waals surface area contributed by atoms with Crippen LogP contribution in [0.25, 0.3) is 10.9 Å². The quantitative estimate of drug-likeness (QED) is 0.780. The second-order valence-corrected chi connectivity index (χ2v) is 4.47. The Morgan fingerprint density at radius 2 is 2.13 bits per heavy atom. The van der Waals surface area contributed by atoms with Crippen molar-refractivity contribution >= 4 is 10.9 Å². The molecule has 0 bridgehead atoms. The lowest BCUT2D eigenvalue weighted by atomic mass is 9.98. The molecule has 3 heteroatoms. The molecule has 80 valence electrons. The number of nitrogens with one attached hydrogen (secondary N) is 1. The maximum absolute atomic E-state index is 13.3. The molecule has 0 spiro atoms. The lowest BCUT2D eigenvalue weighted by Gasteiger charge is -2.15. The van der Waals surface area contributed by atoms with Gasteiger partial charge in [0.05, 0.1) is 11.1 Å². The molecular formula is C12H14FNO. The van der Waals surface area contributed by atoms with Gasteiger partial charge in [-0.05, 0) is 25.5 Å². The molecule has 1 aromatic heterocycles. The van der Waals surface area contributed by atoms with Gasteiger partial charge in [0.1, 0.15) is 5.82 Å². The maximum atomic E-state index is 13.3. The molecule has 0 saturated heterocycles. The number of aromatic amines is 1. The first-order valence-corrected chi connectivity index (χ1v) is 4.94. The molecule has 0 aliphatic rings. The van der Waals surface area contributed by atoms with Crippen LogP contribution in [0.4, 0.5) is 4.39 Å². The molecule has 0 unspecified atom stereocenters. The molecule has 2 N–H and O–H groups in total. The van der Waals surface area contributed by atoms with Crippen LogP contribution in [0.5, 0.6) is 0 Å². The molecular weight excluding hydrogens is 193 g/mol. The minimum absolute atomic E-state index is 0.255. The van der Waals surface area contributed by atoms with Crippen molar-refractivity contribution in [2.24, 2.45) is 0 Å². The van der Waals surface area contributed by atoms with Crippen LogP contribution >= 0.6 is 0 Å². The van der Waals surface area contributed by atoms with Crippen molar-refractivity contribution in [1.82, 2.24) is 4.98 Å². The Morgan fingerprint density at radius 1 is 1.40 bits per heavy atom. The standard InChI is InChI=1S/C12H14FNO/c1-12(2,15)6-8-7-14-11-9(8)4-3-5-10(11)13/h3-5,7,14-15H,6H2,1-2H3. The monoisotopic (exact) mass is 207 g/mol. The third-order valence-corrected chi connectivity index (χ3v) is 2.37. The second-order valence-electron chi connectivity index (χ2n) is 4.47. The fourth-order valence-electron chi connectivity index (χ4n) is 1.79. The lowest BCUT2D eigenvalue weighted by Crippen LogP contribution is -2.21. The number of fused-ring (bicyclic) bond motifs is 1. The predicted octanol–water partition coefficient (Wildman–Crippen LogP) is 2.62. The Hall–Kier alpha value is -1.35. The van der Waals surface area contributed by atoms with Crippen LogP contribution in [0, 0.1) is 5.82 Å². The zero-order chi connectivity index (χ0) is 11.1. The summed E-state index contributed by atoms with van der Waals surface area (Å²) in [5, 5.41) is 10.6. The molecule has 2 rings (SSSR count). The number of hydrogen-bond acceptors (Lipinski definition) is 1. The van der Waals surface area contributed by atoms with Crippen molar-refractivity contribution in [1.29, 1.82) is 0 Å². The molecule has 0 amide bonds. The molecule has 0 saturated carbocycles. The second kappa shape index (κ2) is 3.35. The zero-order valence-electron chi connectivity index (χ0n) is 8.84. The highest BCUT2D eigenvalue weighted by molar-refractivity contribution is 5.83. The van der Waals surface area contributed by atoms with E-state index in [1.165, 1.54) is 6.07 Å². The van der Waals surface area contributed by atoms with E-state index in [2.05, 4.69) is 4.98 Å². The number of rotatable bonds is 2. The first-order chi connectivity index (χ1) is 6.97. The SMILES string of the molecule is CC(C)(O)Cc1c[nH]c2c(F)cccc12. The van der Waals surface area contributed by atoms with Gasteiger partial charge in [0.2, 0.25) is 0 Å². The van der Waals surface area contributed by atoms with E-state index in [0.29, 0.717) is 11.9 Å². The van der Waals surface area contributed by atoms with Crippen molar-refractivity contribution in [2.75, 3.05) is 0 Å². The molecule has 1 aromatic carbocycles. The summed E-state index contributed by atoms with van der Waals surface area (Å²) < 4.78 is 13.3. The lowest BCUT2D eigenvalue weighted by molar-refractivity contribution is 0.0813. The van der Waals surface area contributed by atoms with Crippen LogP contribution in [-0.2, 0) is 6.42 Å². The Labute approximate surface area is 87.7 Å². The van der Waals surface area contributed by atoms with Gasteiger partial charge in [-0.1, -0.05) is 12.1 Å². The van der Waals surface area contributed by atoms with E-state index in [1.807, 2.05) is 6.07 Å². The average Bonchev–Trinajstić information content (AvgIpc) is 2.48. The molecule has 0 fully saturated rings. The Bertz CT molecular complexity index is 482. The smallest absolute Gasteiger partial charge is 0.147 e. The largest absolute Gasteiger partial charge is 0.390 e. The molecule has 0 atom stereocenters. The van der Waals surface area contributed by atoms with Gasteiger partial charge in [-0.25, -0.2) is 4.39 Å². The summed E-state index contributed by atoms with van der Waals surface area (Å²) in [6.07, 6.45) is 2.27. The van der Waals surface area contributed by atoms with E-state index >= 15 is 0 Å². The Kier molecular flexibility index (Phi) is 2.27. The Morgan fingerprint density at radius 3 is 2.80 bits per heavy atom. The predicted molar refractivity (Wildman–Crippen MR) is 58.3 cm³/mol. The summed E-state index contributed by atoms with van der Waals surface area (Å²) in [6, 6.07) is 4.96. The van der Waals surface area contributed by atoms with E-state index in [-0.39, 0.29) is 5.82 Å². The van der Waals surface area contributed by atoms with Crippen LogP contribution in [0.15, 0.2) is 24.4 Å². The fourth-order valence-corrected chi connectivity index (χ4v) is 1.79. The summed E-state index contributed by atoms with van der Waals surface area (Å²) >= 11 is 0. The number of aromatic nitrogens is 1. The number of benzene rings is 1. The summed E-state index contributed by atoms with van der Waals surface area (Å²) in [4.78, 5) is 2.89. The van der Waals surface area contributed by atoms with E-state index in [9.17, 15) is 9.50 Å². The van der Waals surface area contributed by atoms with Crippen LogP contribution in [0.1, 0.15) is 19.4 Å². The normalized spacial score (nSPS) is 12.3. The van der Waals surface area contributed by atoms with Gasteiger partial charge in [0, 0.05) is 18.0 Å². The first-order valence-electron chi connectivity index (χ1n) is 4.94. The summed E-state index contributed by atoms with van der Waals surface area (Å²) in [6.45, 7) is 3.48. The van der Waals surface area contributed by atoms with E-state index in [0.717, 1.165) is 10.9 Å². The number of para-hydroxylation sites is 1.